The fraction of sp³-hybridized carbons (Fsp3) is 0.136. The lowest BCUT2D eigenvalue weighted by Gasteiger charge is -2.11. The van der Waals surface area contributed by atoms with Gasteiger partial charge in [0.05, 0.1) is 23.9 Å². The monoisotopic (exact) mass is 375 g/mol. The number of hydrogen-bond acceptors (Lipinski definition) is 5. The topological polar surface area (TPSA) is 80.3 Å². The fourth-order valence-electron chi connectivity index (χ4n) is 2.64. The van der Waals surface area contributed by atoms with Crippen LogP contribution in [0, 0.1) is 13.8 Å². The van der Waals surface area contributed by atoms with Gasteiger partial charge in [-0.3, -0.25) is 4.79 Å². The van der Waals surface area contributed by atoms with Gasteiger partial charge in [0, 0.05) is 11.9 Å². The van der Waals surface area contributed by atoms with Crippen LogP contribution in [0.15, 0.2) is 60.8 Å². The van der Waals surface area contributed by atoms with Crippen molar-refractivity contribution < 1.29 is 14.3 Å². The number of anilines is 3. The summed E-state index contributed by atoms with van der Waals surface area (Å²) in [6.07, 6.45) is 1.49. The molecule has 2 aromatic carbocycles. The zero-order valence-corrected chi connectivity index (χ0v) is 15.9. The number of esters is 1. The number of aryl methyl sites for hydroxylation is 2. The van der Waals surface area contributed by atoms with E-state index in [9.17, 15) is 9.59 Å². The van der Waals surface area contributed by atoms with Gasteiger partial charge in [-0.15, -0.1) is 0 Å². The lowest BCUT2D eigenvalue weighted by Crippen LogP contribution is -2.12. The molecule has 0 spiro atoms. The van der Waals surface area contributed by atoms with Gasteiger partial charge in [0.1, 0.15) is 5.82 Å². The molecule has 0 radical (unpaired) electrons. The summed E-state index contributed by atoms with van der Waals surface area (Å²) in [5.74, 6) is -0.163. The normalized spacial score (nSPS) is 10.2. The van der Waals surface area contributed by atoms with E-state index in [0.717, 1.165) is 11.3 Å². The average Bonchev–Trinajstić information content (AvgIpc) is 2.71. The van der Waals surface area contributed by atoms with Gasteiger partial charge in [0.25, 0.3) is 5.91 Å². The maximum absolute atomic E-state index is 12.4. The van der Waals surface area contributed by atoms with Crippen molar-refractivity contribution in [2.24, 2.45) is 0 Å². The number of amides is 1. The number of methoxy groups -OCH3 is 1. The molecule has 2 N–H and O–H groups in total. The fourth-order valence-corrected chi connectivity index (χ4v) is 2.64. The smallest absolute Gasteiger partial charge is 0.339 e. The number of para-hydroxylation sites is 1. The van der Waals surface area contributed by atoms with Crippen molar-refractivity contribution in [3.63, 3.8) is 0 Å². The van der Waals surface area contributed by atoms with Gasteiger partial charge in [-0.25, -0.2) is 9.78 Å². The van der Waals surface area contributed by atoms with Crippen LogP contribution in [0.3, 0.4) is 0 Å². The third-order valence-electron chi connectivity index (χ3n) is 4.39. The lowest BCUT2D eigenvalue weighted by atomic mass is 10.1. The molecule has 142 valence electrons. The van der Waals surface area contributed by atoms with Gasteiger partial charge in [-0.05, 0) is 61.4 Å². The Balaban J connectivity index is 1.72. The molecule has 0 saturated carbocycles. The van der Waals surface area contributed by atoms with Crippen LogP contribution in [0.1, 0.15) is 31.8 Å². The van der Waals surface area contributed by atoms with Crippen molar-refractivity contribution in [3.8, 4) is 0 Å². The Hall–Kier alpha value is -3.67. The zero-order chi connectivity index (χ0) is 20.1. The summed E-state index contributed by atoms with van der Waals surface area (Å²) >= 11 is 0. The minimum atomic E-state index is -0.438. The molecule has 0 aliphatic heterocycles. The highest BCUT2D eigenvalue weighted by molar-refractivity contribution is 6.04. The standard InChI is InChI=1S/C22H21N3O3/c1-14-8-10-17(12-15(14)2)24-21(26)16-9-11-20(23-13-16)25-19-7-5-4-6-18(19)22(27)28-3/h4-13H,1-3H3,(H,23,25)(H,24,26). The van der Waals surface area contributed by atoms with Crippen LogP contribution in [0.4, 0.5) is 17.2 Å². The summed E-state index contributed by atoms with van der Waals surface area (Å²) in [6.45, 7) is 4.02. The summed E-state index contributed by atoms with van der Waals surface area (Å²) in [4.78, 5) is 28.6. The molecule has 1 aromatic heterocycles. The van der Waals surface area contributed by atoms with Gasteiger partial charge in [-0.1, -0.05) is 18.2 Å². The summed E-state index contributed by atoms with van der Waals surface area (Å²) in [5.41, 5.74) is 4.44. The Bertz CT molecular complexity index is 1010. The number of carbonyl (C=O) groups is 2. The molecule has 0 bridgehead atoms. The molecular weight excluding hydrogens is 354 g/mol. The Morgan fingerprint density at radius 2 is 1.75 bits per heavy atom. The van der Waals surface area contributed by atoms with Crippen molar-refractivity contribution in [2.75, 3.05) is 17.7 Å². The highest BCUT2D eigenvalue weighted by Gasteiger charge is 2.12. The van der Waals surface area contributed by atoms with Crippen LogP contribution < -0.4 is 10.6 Å². The van der Waals surface area contributed by atoms with Crippen molar-refractivity contribution in [3.05, 3.63) is 83.0 Å². The van der Waals surface area contributed by atoms with Crippen molar-refractivity contribution in [1.82, 2.24) is 4.98 Å². The molecular formula is C22H21N3O3. The number of carbonyl (C=O) groups excluding carboxylic acids is 2. The minimum absolute atomic E-state index is 0.239. The largest absolute Gasteiger partial charge is 0.465 e. The molecule has 0 unspecified atom stereocenters. The number of nitrogens with one attached hydrogen (secondary N) is 2. The third kappa shape index (κ3) is 4.35. The average molecular weight is 375 g/mol. The predicted molar refractivity (Wildman–Crippen MR) is 109 cm³/mol. The molecule has 0 aliphatic rings. The van der Waals surface area contributed by atoms with E-state index in [0.29, 0.717) is 22.6 Å². The number of benzene rings is 2. The van der Waals surface area contributed by atoms with E-state index in [2.05, 4.69) is 15.6 Å². The molecule has 28 heavy (non-hydrogen) atoms. The summed E-state index contributed by atoms with van der Waals surface area (Å²) in [6, 6.07) is 16.1. The Morgan fingerprint density at radius 1 is 0.964 bits per heavy atom. The van der Waals surface area contributed by atoms with E-state index in [1.54, 1.807) is 36.4 Å². The van der Waals surface area contributed by atoms with Crippen LogP contribution in [-0.2, 0) is 4.74 Å². The molecule has 0 atom stereocenters. The van der Waals surface area contributed by atoms with E-state index < -0.39 is 5.97 Å². The maximum Gasteiger partial charge on any atom is 0.339 e. The SMILES string of the molecule is COC(=O)c1ccccc1Nc1ccc(C(=O)Nc2ccc(C)c(C)c2)cn1. The van der Waals surface area contributed by atoms with E-state index in [1.807, 2.05) is 32.0 Å². The van der Waals surface area contributed by atoms with Gasteiger partial charge >= 0.3 is 5.97 Å². The van der Waals surface area contributed by atoms with Crippen LogP contribution in [0.5, 0.6) is 0 Å². The number of aromatic nitrogens is 1. The van der Waals surface area contributed by atoms with E-state index in [1.165, 1.54) is 18.9 Å². The first kappa shape index (κ1) is 19.1. The van der Waals surface area contributed by atoms with Crippen LogP contribution in [0.25, 0.3) is 0 Å². The first-order valence-corrected chi connectivity index (χ1v) is 8.77. The molecule has 1 amide bonds. The van der Waals surface area contributed by atoms with E-state index in [4.69, 9.17) is 4.74 Å². The lowest BCUT2D eigenvalue weighted by molar-refractivity contribution is 0.0601. The van der Waals surface area contributed by atoms with Crippen LogP contribution in [-0.4, -0.2) is 24.0 Å². The zero-order valence-electron chi connectivity index (χ0n) is 15.9. The molecule has 6 nitrogen and oxygen atoms in total. The van der Waals surface area contributed by atoms with Crippen LogP contribution in [0.2, 0.25) is 0 Å². The second-order valence-corrected chi connectivity index (χ2v) is 6.35. The quantitative estimate of drug-likeness (QED) is 0.643. The molecule has 6 heteroatoms. The molecule has 1 heterocycles. The van der Waals surface area contributed by atoms with Crippen molar-refractivity contribution in [1.29, 1.82) is 0 Å². The maximum atomic E-state index is 12.4. The number of pyridine rings is 1. The number of hydrogen-bond donors (Lipinski definition) is 2. The first-order chi connectivity index (χ1) is 13.5. The predicted octanol–water partition coefficient (Wildman–Crippen LogP) is 4.48. The second kappa shape index (κ2) is 8.35. The third-order valence-corrected chi connectivity index (χ3v) is 4.39. The highest BCUT2D eigenvalue weighted by atomic mass is 16.5. The molecule has 3 aromatic rings. The number of nitrogens with zero attached hydrogens (tertiary/aromatic N) is 1. The Morgan fingerprint density at radius 3 is 2.43 bits per heavy atom. The van der Waals surface area contributed by atoms with Gasteiger partial charge in [0.15, 0.2) is 0 Å². The highest BCUT2D eigenvalue weighted by Crippen LogP contribution is 2.21. The minimum Gasteiger partial charge on any atom is -0.465 e. The number of rotatable bonds is 5. The van der Waals surface area contributed by atoms with Gasteiger partial charge < -0.3 is 15.4 Å². The molecule has 0 saturated heterocycles. The Kier molecular flexibility index (Phi) is 5.69. The Labute approximate surface area is 163 Å². The summed E-state index contributed by atoms with van der Waals surface area (Å²) in [5, 5.41) is 5.94. The molecule has 0 aliphatic carbocycles. The van der Waals surface area contributed by atoms with Crippen molar-refractivity contribution in [2.45, 2.75) is 13.8 Å². The van der Waals surface area contributed by atoms with E-state index >= 15 is 0 Å². The van der Waals surface area contributed by atoms with Crippen LogP contribution >= 0.6 is 0 Å². The first-order valence-electron chi connectivity index (χ1n) is 8.77. The van der Waals surface area contributed by atoms with Gasteiger partial charge in [-0.2, -0.15) is 0 Å². The number of ether oxygens (including phenoxy) is 1. The molecule has 0 fully saturated rings. The van der Waals surface area contributed by atoms with Gasteiger partial charge in [0.2, 0.25) is 0 Å². The second-order valence-electron chi connectivity index (χ2n) is 6.35. The summed E-state index contributed by atoms with van der Waals surface area (Å²) in [7, 11) is 1.33. The van der Waals surface area contributed by atoms with E-state index in [-0.39, 0.29) is 5.91 Å². The molecule has 3 rings (SSSR count). The van der Waals surface area contributed by atoms with Crippen molar-refractivity contribution >= 4 is 29.1 Å². The summed E-state index contributed by atoms with van der Waals surface area (Å²) < 4.78 is 4.79.